The second-order valence-electron chi connectivity index (χ2n) is 3.54. The highest BCUT2D eigenvalue weighted by molar-refractivity contribution is 5.85. The fraction of sp³-hybridized carbons (Fsp3) is 0.400. The number of nitrogens with zero attached hydrogens (tertiary/aromatic N) is 1. The summed E-state index contributed by atoms with van der Waals surface area (Å²) in [4.78, 5) is 10.1. The number of halogens is 1. The average Bonchev–Trinajstić information content (AvgIpc) is 2.18. The molecule has 1 aromatic rings. The zero-order valence-corrected chi connectivity index (χ0v) is 9.68. The van der Waals surface area contributed by atoms with Crippen molar-refractivity contribution in [1.29, 1.82) is 0 Å². The Kier molecular flexibility index (Phi) is 5.95. The van der Waals surface area contributed by atoms with Crippen LogP contribution in [0.4, 0.5) is 5.69 Å². The van der Waals surface area contributed by atoms with Gasteiger partial charge in [0.25, 0.3) is 5.69 Å². The van der Waals surface area contributed by atoms with Gasteiger partial charge in [-0.3, -0.25) is 10.1 Å². The minimum absolute atomic E-state index is 0. The van der Waals surface area contributed by atoms with Gasteiger partial charge in [0.1, 0.15) is 0 Å². The van der Waals surface area contributed by atoms with Crippen LogP contribution in [0.5, 0.6) is 0 Å². The van der Waals surface area contributed by atoms with E-state index in [-0.39, 0.29) is 18.1 Å². The number of hydrogen-bond acceptors (Lipinski definition) is 4. The number of rotatable bonds is 4. The smallest absolute Gasteiger partial charge is 0.269 e. The van der Waals surface area contributed by atoms with E-state index in [0.717, 1.165) is 5.56 Å². The maximum Gasteiger partial charge on any atom is 0.269 e. The fourth-order valence-electron chi connectivity index (χ4n) is 1.24. The first-order valence-electron chi connectivity index (χ1n) is 4.67. The lowest BCUT2D eigenvalue weighted by Crippen LogP contribution is -2.34. The van der Waals surface area contributed by atoms with E-state index in [1.807, 2.05) is 0 Å². The van der Waals surface area contributed by atoms with E-state index < -0.39 is 17.1 Å². The van der Waals surface area contributed by atoms with Gasteiger partial charge in [-0.25, -0.2) is 0 Å². The Balaban J connectivity index is 0.00000225. The zero-order valence-electron chi connectivity index (χ0n) is 8.87. The highest BCUT2D eigenvalue weighted by Gasteiger charge is 2.12. The lowest BCUT2D eigenvalue weighted by molar-refractivity contribution is -0.384. The van der Waals surface area contributed by atoms with E-state index in [2.05, 4.69) is 0 Å². The summed E-state index contributed by atoms with van der Waals surface area (Å²) in [7, 11) is 0. The molecule has 0 saturated carbocycles. The Morgan fingerprint density at radius 3 is 2.69 bits per heavy atom. The average molecular weight is 247 g/mol. The Morgan fingerprint density at radius 1 is 1.56 bits per heavy atom. The molecule has 0 fully saturated rings. The monoisotopic (exact) mass is 246 g/mol. The maximum atomic E-state index is 10.5. The van der Waals surface area contributed by atoms with Crippen molar-refractivity contribution in [3.8, 4) is 0 Å². The molecule has 90 valence electrons. The van der Waals surface area contributed by atoms with E-state index in [9.17, 15) is 15.2 Å². The third kappa shape index (κ3) is 4.14. The molecule has 5 nitrogen and oxygen atoms in total. The van der Waals surface area contributed by atoms with Crippen LogP contribution in [0.3, 0.4) is 0 Å². The summed E-state index contributed by atoms with van der Waals surface area (Å²) in [6.45, 7) is 1.60. The van der Waals surface area contributed by atoms with Crippen molar-refractivity contribution in [3.05, 3.63) is 39.9 Å². The third-order valence-electron chi connectivity index (χ3n) is 2.21. The Labute approximate surface area is 99.8 Å². The van der Waals surface area contributed by atoms with Crippen LogP contribution in [-0.4, -0.2) is 22.2 Å². The molecule has 6 heteroatoms. The number of benzene rings is 1. The molecule has 0 heterocycles. The first-order chi connectivity index (χ1) is 7.00. The highest BCUT2D eigenvalue weighted by Crippen LogP contribution is 2.14. The molecule has 1 rings (SSSR count). The maximum absolute atomic E-state index is 10.5. The second-order valence-corrected chi connectivity index (χ2v) is 3.54. The van der Waals surface area contributed by atoms with E-state index in [0.29, 0.717) is 6.42 Å². The second kappa shape index (κ2) is 6.42. The standard InChI is InChI=1S/C10H14N2O3.ClH/c1-7(13)10(11)6-8-3-2-4-9(5-8)12(14)15;/h2-5,7,10,13H,6,11H2,1H3;1H. The number of nitrogens with two attached hydrogens (primary N) is 1. The van der Waals surface area contributed by atoms with Gasteiger partial charge in [-0.15, -0.1) is 12.4 Å². The molecular weight excluding hydrogens is 232 g/mol. The first-order valence-corrected chi connectivity index (χ1v) is 4.67. The number of aliphatic hydroxyl groups is 1. The first kappa shape index (κ1) is 14.8. The summed E-state index contributed by atoms with van der Waals surface area (Å²) in [5.74, 6) is 0. The van der Waals surface area contributed by atoms with Crippen molar-refractivity contribution in [2.24, 2.45) is 5.73 Å². The Bertz CT molecular complexity index is 358. The van der Waals surface area contributed by atoms with Gasteiger partial charge in [0, 0.05) is 18.2 Å². The summed E-state index contributed by atoms with van der Waals surface area (Å²) in [5.41, 5.74) is 6.46. The molecule has 0 aliphatic heterocycles. The van der Waals surface area contributed by atoms with Crippen molar-refractivity contribution in [1.82, 2.24) is 0 Å². The van der Waals surface area contributed by atoms with Crippen molar-refractivity contribution >= 4 is 18.1 Å². The number of nitro groups is 1. The topological polar surface area (TPSA) is 89.4 Å². The van der Waals surface area contributed by atoms with E-state index in [4.69, 9.17) is 5.73 Å². The van der Waals surface area contributed by atoms with Gasteiger partial charge in [0.05, 0.1) is 11.0 Å². The van der Waals surface area contributed by atoms with Gasteiger partial charge in [-0.1, -0.05) is 12.1 Å². The molecule has 0 aromatic heterocycles. The van der Waals surface area contributed by atoms with Gasteiger partial charge < -0.3 is 10.8 Å². The van der Waals surface area contributed by atoms with Crippen LogP contribution < -0.4 is 5.73 Å². The number of non-ortho nitro benzene ring substituents is 1. The van der Waals surface area contributed by atoms with Crippen molar-refractivity contribution in [3.63, 3.8) is 0 Å². The Morgan fingerprint density at radius 2 is 2.19 bits per heavy atom. The van der Waals surface area contributed by atoms with Gasteiger partial charge in [0.2, 0.25) is 0 Å². The third-order valence-corrected chi connectivity index (χ3v) is 2.21. The minimum atomic E-state index is -0.621. The minimum Gasteiger partial charge on any atom is -0.392 e. The number of hydrogen-bond donors (Lipinski definition) is 2. The van der Waals surface area contributed by atoms with E-state index in [1.165, 1.54) is 12.1 Å². The fourth-order valence-corrected chi connectivity index (χ4v) is 1.24. The van der Waals surface area contributed by atoms with E-state index >= 15 is 0 Å². The predicted octanol–water partition coefficient (Wildman–Crippen LogP) is 1.27. The molecule has 2 atom stereocenters. The SMILES string of the molecule is CC(O)C(N)Cc1cccc([N+](=O)[O-])c1.Cl. The molecule has 1 aromatic carbocycles. The highest BCUT2D eigenvalue weighted by atomic mass is 35.5. The molecule has 0 aliphatic rings. The summed E-state index contributed by atoms with van der Waals surface area (Å²) in [6, 6.07) is 5.88. The van der Waals surface area contributed by atoms with E-state index in [1.54, 1.807) is 19.1 Å². The van der Waals surface area contributed by atoms with Crippen LogP contribution in [-0.2, 0) is 6.42 Å². The lowest BCUT2D eigenvalue weighted by Gasteiger charge is -2.14. The summed E-state index contributed by atoms with van der Waals surface area (Å²) in [5, 5.41) is 19.7. The van der Waals surface area contributed by atoms with Crippen molar-refractivity contribution in [2.45, 2.75) is 25.5 Å². The number of nitro benzene ring substituents is 1. The molecule has 16 heavy (non-hydrogen) atoms. The predicted molar refractivity (Wildman–Crippen MR) is 63.7 cm³/mol. The summed E-state index contributed by atoms with van der Waals surface area (Å²) >= 11 is 0. The van der Waals surface area contributed by atoms with Crippen molar-refractivity contribution in [2.75, 3.05) is 0 Å². The van der Waals surface area contributed by atoms with Crippen LogP contribution in [0.2, 0.25) is 0 Å². The molecule has 0 spiro atoms. The summed E-state index contributed by atoms with van der Waals surface area (Å²) < 4.78 is 0. The quantitative estimate of drug-likeness (QED) is 0.618. The van der Waals surface area contributed by atoms with Gasteiger partial charge in [-0.2, -0.15) is 0 Å². The van der Waals surface area contributed by atoms with Crippen LogP contribution in [0, 0.1) is 10.1 Å². The molecule has 0 bridgehead atoms. The molecule has 0 aliphatic carbocycles. The van der Waals surface area contributed by atoms with Crippen LogP contribution in [0.15, 0.2) is 24.3 Å². The number of aliphatic hydroxyl groups excluding tert-OH is 1. The van der Waals surface area contributed by atoms with Crippen LogP contribution in [0.1, 0.15) is 12.5 Å². The Hall–Kier alpha value is -1.17. The van der Waals surface area contributed by atoms with Gasteiger partial charge in [-0.05, 0) is 18.9 Å². The van der Waals surface area contributed by atoms with Crippen molar-refractivity contribution < 1.29 is 10.0 Å². The molecule has 0 radical (unpaired) electrons. The normalized spacial score (nSPS) is 13.7. The largest absolute Gasteiger partial charge is 0.392 e. The van der Waals surface area contributed by atoms with Gasteiger partial charge >= 0.3 is 0 Å². The molecule has 3 N–H and O–H groups in total. The van der Waals surface area contributed by atoms with Crippen LogP contribution in [0.25, 0.3) is 0 Å². The summed E-state index contributed by atoms with van der Waals surface area (Å²) in [6.07, 6.45) is -0.191. The van der Waals surface area contributed by atoms with Gasteiger partial charge in [0.15, 0.2) is 0 Å². The molecule has 0 amide bonds. The molecule has 0 saturated heterocycles. The van der Waals surface area contributed by atoms with Crippen LogP contribution >= 0.6 is 12.4 Å². The molecule has 2 unspecified atom stereocenters. The molecular formula is C10H15ClN2O3. The zero-order chi connectivity index (χ0) is 11.4. The lowest BCUT2D eigenvalue weighted by atomic mass is 10.0.